The molecule has 106 valence electrons. The number of carbonyl (C=O) groups is 1. The van der Waals surface area contributed by atoms with Crippen LogP contribution in [0.25, 0.3) is 0 Å². The van der Waals surface area contributed by atoms with E-state index in [2.05, 4.69) is 17.9 Å². The molecule has 2 N–H and O–H groups in total. The Morgan fingerprint density at radius 3 is 1.56 bits per heavy atom. The molecule has 2 saturated carbocycles. The van der Waals surface area contributed by atoms with Gasteiger partial charge < -0.3 is 10.4 Å². The van der Waals surface area contributed by atoms with Gasteiger partial charge in [-0.15, -0.1) is 0 Å². The molecule has 0 heterocycles. The van der Waals surface area contributed by atoms with Crippen LogP contribution in [0.2, 0.25) is 0 Å². The Morgan fingerprint density at radius 2 is 1.28 bits per heavy atom. The highest BCUT2D eigenvalue weighted by molar-refractivity contribution is 7.81. The second-order valence-corrected chi connectivity index (χ2v) is 5.70. The highest BCUT2D eigenvalue weighted by Gasteiger charge is 2.19. The summed E-state index contributed by atoms with van der Waals surface area (Å²) in [5.41, 5.74) is 0. The van der Waals surface area contributed by atoms with E-state index in [1.54, 1.807) is 0 Å². The lowest BCUT2D eigenvalue weighted by molar-refractivity contribution is -0.133. The molecule has 3 nitrogen and oxygen atoms in total. The molecule has 0 aromatic heterocycles. The van der Waals surface area contributed by atoms with Gasteiger partial charge >= 0.3 is 5.97 Å². The van der Waals surface area contributed by atoms with Gasteiger partial charge in [0, 0.05) is 12.1 Å². The molecule has 0 unspecified atom stereocenters. The standard InChI is InChI=1S/C12H23N.C2H4O2S/c1-3-7-11(8-4-1)13-12-9-5-2-6-10-12;3-2(4)1-5/h11-13H,1-10H2;5H,1H2,(H,3,4). The molecule has 0 saturated heterocycles. The molecular formula is C14H27NO2S. The number of rotatable bonds is 3. The van der Waals surface area contributed by atoms with Gasteiger partial charge in [0.1, 0.15) is 0 Å². The Hall–Kier alpha value is -0.220. The summed E-state index contributed by atoms with van der Waals surface area (Å²) in [7, 11) is 0. The van der Waals surface area contributed by atoms with E-state index in [1.807, 2.05) is 0 Å². The molecule has 18 heavy (non-hydrogen) atoms. The summed E-state index contributed by atoms with van der Waals surface area (Å²) in [6.45, 7) is 0. The van der Waals surface area contributed by atoms with Crippen molar-refractivity contribution >= 4 is 18.6 Å². The van der Waals surface area contributed by atoms with Crippen molar-refractivity contribution < 1.29 is 9.90 Å². The minimum absolute atomic E-state index is 0.0833. The molecule has 0 atom stereocenters. The van der Waals surface area contributed by atoms with Crippen molar-refractivity contribution in [2.45, 2.75) is 76.3 Å². The predicted molar refractivity (Wildman–Crippen MR) is 78.4 cm³/mol. The van der Waals surface area contributed by atoms with Crippen LogP contribution in [0.1, 0.15) is 64.2 Å². The number of nitrogens with one attached hydrogen (secondary N) is 1. The molecule has 0 aromatic rings. The van der Waals surface area contributed by atoms with Crippen molar-refractivity contribution in [2.75, 3.05) is 5.75 Å². The van der Waals surface area contributed by atoms with Gasteiger partial charge in [-0.2, -0.15) is 12.6 Å². The second-order valence-electron chi connectivity index (χ2n) is 5.39. The van der Waals surface area contributed by atoms with Gasteiger partial charge in [0.05, 0.1) is 5.75 Å². The average molecular weight is 273 g/mol. The number of carboxylic acid groups (broad SMARTS) is 1. The Bertz CT molecular complexity index is 208. The third kappa shape index (κ3) is 7.27. The molecule has 2 fully saturated rings. The van der Waals surface area contributed by atoms with Crippen LogP contribution in [0.4, 0.5) is 0 Å². The lowest BCUT2D eigenvalue weighted by Crippen LogP contribution is -2.40. The summed E-state index contributed by atoms with van der Waals surface area (Å²) in [5.74, 6) is -0.965. The fourth-order valence-corrected chi connectivity index (χ4v) is 2.87. The number of hydrogen-bond acceptors (Lipinski definition) is 3. The van der Waals surface area contributed by atoms with E-state index < -0.39 is 5.97 Å². The van der Waals surface area contributed by atoms with Gasteiger partial charge in [0.15, 0.2) is 0 Å². The predicted octanol–water partition coefficient (Wildman–Crippen LogP) is 3.24. The molecule has 0 aliphatic heterocycles. The second kappa shape index (κ2) is 9.68. The maximum Gasteiger partial charge on any atom is 0.313 e. The van der Waals surface area contributed by atoms with Crippen molar-refractivity contribution in [1.82, 2.24) is 5.32 Å². The Labute approximate surface area is 116 Å². The molecule has 0 bridgehead atoms. The summed E-state index contributed by atoms with van der Waals surface area (Å²) in [6, 6.07) is 1.74. The summed E-state index contributed by atoms with van der Waals surface area (Å²) in [5, 5.41) is 11.5. The molecule has 0 amide bonds. The summed E-state index contributed by atoms with van der Waals surface area (Å²) in [6.07, 6.45) is 14.6. The maximum atomic E-state index is 9.29. The van der Waals surface area contributed by atoms with Crippen molar-refractivity contribution in [2.24, 2.45) is 0 Å². The molecule has 2 rings (SSSR count). The number of thiol groups is 1. The Balaban J connectivity index is 0.000000280. The van der Waals surface area contributed by atoms with Crippen LogP contribution >= 0.6 is 12.6 Å². The largest absolute Gasteiger partial charge is 0.481 e. The first-order valence-electron chi connectivity index (χ1n) is 7.31. The van der Waals surface area contributed by atoms with Crippen LogP contribution in [0.15, 0.2) is 0 Å². The van der Waals surface area contributed by atoms with E-state index >= 15 is 0 Å². The number of hydrogen-bond donors (Lipinski definition) is 3. The highest BCUT2D eigenvalue weighted by atomic mass is 32.1. The Kier molecular flexibility index (Phi) is 8.51. The van der Waals surface area contributed by atoms with Gasteiger partial charge in [-0.25, -0.2) is 0 Å². The van der Waals surface area contributed by atoms with Gasteiger partial charge in [0.2, 0.25) is 0 Å². The van der Waals surface area contributed by atoms with E-state index in [0.717, 1.165) is 12.1 Å². The first-order chi connectivity index (χ1) is 8.72. The third-order valence-electron chi connectivity index (χ3n) is 3.82. The van der Waals surface area contributed by atoms with Crippen molar-refractivity contribution in [3.8, 4) is 0 Å². The molecule has 0 aromatic carbocycles. The highest BCUT2D eigenvalue weighted by Crippen LogP contribution is 2.22. The lowest BCUT2D eigenvalue weighted by Gasteiger charge is -2.30. The van der Waals surface area contributed by atoms with E-state index in [0.29, 0.717) is 0 Å². The van der Waals surface area contributed by atoms with Gasteiger partial charge in [-0.1, -0.05) is 38.5 Å². The molecule has 2 aliphatic carbocycles. The summed E-state index contributed by atoms with van der Waals surface area (Å²) < 4.78 is 0. The monoisotopic (exact) mass is 273 g/mol. The fourth-order valence-electron chi connectivity index (χ4n) is 2.87. The average Bonchev–Trinajstić information content (AvgIpc) is 2.42. The fraction of sp³-hybridized carbons (Fsp3) is 0.929. The minimum Gasteiger partial charge on any atom is -0.481 e. The first kappa shape index (κ1) is 15.8. The zero-order valence-electron chi connectivity index (χ0n) is 11.2. The molecule has 4 heteroatoms. The maximum absolute atomic E-state index is 9.29. The van der Waals surface area contributed by atoms with Crippen molar-refractivity contribution in [1.29, 1.82) is 0 Å². The van der Waals surface area contributed by atoms with E-state index in [4.69, 9.17) is 5.11 Å². The zero-order valence-corrected chi connectivity index (χ0v) is 12.1. The Morgan fingerprint density at radius 1 is 0.944 bits per heavy atom. The third-order valence-corrected chi connectivity index (χ3v) is 4.09. The van der Waals surface area contributed by atoms with Crippen LogP contribution in [0, 0.1) is 0 Å². The van der Waals surface area contributed by atoms with Gasteiger partial charge in [-0.3, -0.25) is 4.79 Å². The zero-order chi connectivity index (χ0) is 13.2. The summed E-state index contributed by atoms with van der Waals surface area (Å²) in [4.78, 5) is 9.29. The quantitative estimate of drug-likeness (QED) is 0.692. The topological polar surface area (TPSA) is 49.3 Å². The number of carboxylic acids is 1. The van der Waals surface area contributed by atoms with E-state index in [9.17, 15) is 4.79 Å². The van der Waals surface area contributed by atoms with Crippen LogP contribution in [-0.4, -0.2) is 28.9 Å². The normalized spacial score (nSPS) is 22.1. The van der Waals surface area contributed by atoms with Gasteiger partial charge in [-0.05, 0) is 25.7 Å². The lowest BCUT2D eigenvalue weighted by atomic mass is 9.91. The summed E-state index contributed by atoms with van der Waals surface area (Å²) >= 11 is 3.42. The molecule has 0 radical (unpaired) electrons. The van der Waals surface area contributed by atoms with Crippen LogP contribution < -0.4 is 5.32 Å². The van der Waals surface area contributed by atoms with Gasteiger partial charge in [0.25, 0.3) is 0 Å². The minimum atomic E-state index is -0.881. The van der Waals surface area contributed by atoms with Crippen molar-refractivity contribution in [3.63, 3.8) is 0 Å². The van der Waals surface area contributed by atoms with E-state index in [1.165, 1.54) is 64.2 Å². The molecule has 0 spiro atoms. The SMILES string of the molecule is C1CCC(NC2CCCCC2)CC1.O=C(O)CS. The molecule has 2 aliphatic rings. The van der Waals surface area contributed by atoms with Crippen molar-refractivity contribution in [3.05, 3.63) is 0 Å². The first-order valence-corrected chi connectivity index (χ1v) is 7.94. The number of aliphatic carboxylic acids is 1. The molecular weight excluding hydrogens is 246 g/mol. The smallest absolute Gasteiger partial charge is 0.313 e. The van der Waals surface area contributed by atoms with E-state index in [-0.39, 0.29) is 5.75 Å². The van der Waals surface area contributed by atoms with Crippen LogP contribution in [0.5, 0.6) is 0 Å². The van der Waals surface area contributed by atoms with Crippen LogP contribution in [0.3, 0.4) is 0 Å². The van der Waals surface area contributed by atoms with Crippen LogP contribution in [-0.2, 0) is 4.79 Å².